The Balaban J connectivity index is 2.01. The SMILES string of the molecule is CC[C@H](C)NC(=O)[C@H](C)N(CCc1ccccc1)C(=O)CN(c1ccc(F)cc1)S(=O)(=O)c1ccc(OC)c(OC)c1. The van der Waals surface area contributed by atoms with Gasteiger partial charge in [0.25, 0.3) is 10.0 Å². The van der Waals surface area contributed by atoms with Gasteiger partial charge in [0.05, 0.1) is 24.8 Å². The molecule has 0 radical (unpaired) electrons. The predicted octanol–water partition coefficient (Wildman–Crippen LogP) is 4.41. The second-order valence-electron chi connectivity index (χ2n) is 9.82. The molecule has 11 heteroatoms. The second-order valence-corrected chi connectivity index (χ2v) is 11.7. The van der Waals surface area contributed by atoms with Crippen LogP contribution in [-0.2, 0) is 26.0 Å². The number of anilines is 1. The van der Waals surface area contributed by atoms with E-state index >= 15 is 0 Å². The molecule has 9 nitrogen and oxygen atoms in total. The Morgan fingerprint density at radius 2 is 1.57 bits per heavy atom. The lowest BCUT2D eigenvalue weighted by molar-refractivity contribution is -0.139. The van der Waals surface area contributed by atoms with Gasteiger partial charge < -0.3 is 19.7 Å². The highest BCUT2D eigenvalue weighted by Gasteiger charge is 2.33. The number of ether oxygens (including phenoxy) is 2. The number of hydrogen-bond acceptors (Lipinski definition) is 6. The standard InChI is InChI=1S/C31H38FN3O6S/c1-6-22(2)33-31(37)23(3)34(19-18-24-10-8-7-9-11-24)30(36)21-35(26-14-12-25(32)13-15-26)42(38,39)27-16-17-28(40-4)29(20-27)41-5/h7-17,20,22-23H,6,18-19,21H2,1-5H3,(H,33,37)/t22-,23-/m0/s1. The van der Waals surface area contributed by atoms with Crippen molar-refractivity contribution in [1.82, 2.24) is 10.2 Å². The number of rotatable bonds is 14. The molecule has 0 unspecified atom stereocenters. The molecule has 3 aromatic rings. The molecule has 0 heterocycles. The van der Waals surface area contributed by atoms with Crippen molar-refractivity contribution >= 4 is 27.5 Å². The lowest BCUT2D eigenvalue weighted by atomic mass is 10.1. The summed E-state index contributed by atoms with van der Waals surface area (Å²) >= 11 is 0. The van der Waals surface area contributed by atoms with Crippen molar-refractivity contribution in [3.8, 4) is 11.5 Å². The van der Waals surface area contributed by atoms with E-state index in [9.17, 15) is 22.4 Å². The van der Waals surface area contributed by atoms with Gasteiger partial charge in [0.1, 0.15) is 18.4 Å². The molecule has 226 valence electrons. The number of nitrogens with one attached hydrogen (secondary N) is 1. The molecule has 2 amide bonds. The van der Waals surface area contributed by atoms with Crippen LogP contribution >= 0.6 is 0 Å². The largest absolute Gasteiger partial charge is 0.493 e. The Morgan fingerprint density at radius 1 is 0.929 bits per heavy atom. The summed E-state index contributed by atoms with van der Waals surface area (Å²) in [5.41, 5.74) is 1.04. The fourth-order valence-electron chi connectivity index (χ4n) is 4.28. The Morgan fingerprint density at radius 3 is 2.17 bits per heavy atom. The van der Waals surface area contributed by atoms with Crippen LogP contribution in [-0.4, -0.2) is 64.5 Å². The minimum atomic E-state index is -4.36. The van der Waals surface area contributed by atoms with Crippen LogP contribution in [0.5, 0.6) is 11.5 Å². The summed E-state index contributed by atoms with van der Waals surface area (Å²) in [6.45, 7) is 4.97. The monoisotopic (exact) mass is 599 g/mol. The molecule has 2 atom stereocenters. The number of nitrogens with zero attached hydrogens (tertiary/aromatic N) is 2. The lowest BCUT2D eigenvalue weighted by Gasteiger charge is -2.32. The number of amides is 2. The van der Waals surface area contributed by atoms with E-state index < -0.39 is 34.3 Å². The van der Waals surface area contributed by atoms with Gasteiger partial charge in [0.2, 0.25) is 11.8 Å². The van der Waals surface area contributed by atoms with Gasteiger partial charge in [-0.15, -0.1) is 0 Å². The van der Waals surface area contributed by atoms with E-state index in [1.807, 2.05) is 44.2 Å². The van der Waals surface area contributed by atoms with Crippen molar-refractivity contribution in [2.45, 2.75) is 50.6 Å². The van der Waals surface area contributed by atoms with Crippen LogP contribution < -0.4 is 19.1 Å². The van der Waals surface area contributed by atoms with Crippen LogP contribution in [0.2, 0.25) is 0 Å². The van der Waals surface area contributed by atoms with Gasteiger partial charge in [-0.2, -0.15) is 0 Å². The third kappa shape index (κ3) is 8.00. The molecule has 1 N–H and O–H groups in total. The van der Waals surface area contributed by atoms with Crippen molar-refractivity contribution in [2.75, 3.05) is 31.6 Å². The molecule has 0 saturated carbocycles. The molecule has 0 aliphatic heterocycles. The molecule has 0 aliphatic rings. The molecule has 0 fully saturated rings. The molecule has 0 aromatic heterocycles. The van der Waals surface area contributed by atoms with Crippen molar-refractivity contribution in [3.63, 3.8) is 0 Å². The Hall–Kier alpha value is -4.12. The molecule has 0 saturated heterocycles. The maximum atomic E-state index is 14.0. The average Bonchev–Trinajstić information content (AvgIpc) is 3.00. The summed E-state index contributed by atoms with van der Waals surface area (Å²) in [5.74, 6) is -0.987. The van der Waals surface area contributed by atoms with Crippen LogP contribution in [0, 0.1) is 5.82 Å². The highest BCUT2D eigenvalue weighted by Crippen LogP contribution is 2.32. The zero-order valence-electron chi connectivity index (χ0n) is 24.5. The van der Waals surface area contributed by atoms with Crippen molar-refractivity contribution < 1.29 is 31.9 Å². The summed E-state index contributed by atoms with van der Waals surface area (Å²) in [6, 6.07) is 17.4. The molecule has 0 aliphatic carbocycles. The third-order valence-electron chi connectivity index (χ3n) is 6.99. The summed E-state index contributed by atoms with van der Waals surface area (Å²) in [7, 11) is -1.55. The minimum absolute atomic E-state index is 0.0826. The smallest absolute Gasteiger partial charge is 0.264 e. The lowest BCUT2D eigenvalue weighted by Crippen LogP contribution is -2.53. The van der Waals surface area contributed by atoms with E-state index in [1.165, 1.54) is 49.5 Å². The highest BCUT2D eigenvalue weighted by atomic mass is 32.2. The summed E-state index contributed by atoms with van der Waals surface area (Å²) in [5, 5.41) is 2.90. The van der Waals surface area contributed by atoms with Gasteiger partial charge in [0, 0.05) is 18.7 Å². The molecular formula is C31H38FN3O6S. The van der Waals surface area contributed by atoms with E-state index in [-0.39, 0.29) is 34.8 Å². The average molecular weight is 600 g/mol. The maximum absolute atomic E-state index is 14.0. The van der Waals surface area contributed by atoms with E-state index in [0.717, 1.165) is 22.0 Å². The van der Waals surface area contributed by atoms with Crippen LogP contribution in [0.1, 0.15) is 32.8 Å². The van der Waals surface area contributed by atoms with Gasteiger partial charge >= 0.3 is 0 Å². The molecule has 3 rings (SSSR count). The predicted molar refractivity (Wildman–Crippen MR) is 160 cm³/mol. The fraction of sp³-hybridized carbons (Fsp3) is 0.355. The summed E-state index contributed by atoms with van der Waals surface area (Å²) in [6.07, 6.45) is 1.16. The topological polar surface area (TPSA) is 105 Å². The van der Waals surface area contributed by atoms with E-state index in [0.29, 0.717) is 18.6 Å². The van der Waals surface area contributed by atoms with Gasteiger partial charge in [-0.3, -0.25) is 13.9 Å². The molecular weight excluding hydrogens is 561 g/mol. The van der Waals surface area contributed by atoms with E-state index in [2.05, 4.69) is 5.32 Å². The van der Waals surface area contributed by atoms with Crippen LogP contribution in [0.3, 0.4) is 0 Å². The molecule has 42 heavy (non-hydrogen) atoms. The number of carbonyl (C=O) groups is 2. The van der Waals surface area contributed by atoms with Crippen molar-refractivity contribution in [3.05, 3.63) is 84.2 Å². The molecule has 3 aromatic carbocycles. The first-order valence-corrected chi connectivity index (χ1v) is 15.1. The number of benzene rings is 3. The first kappa shape index (κ1) is 32.4. The number of sulfonamides is 1. The molecule has 0 bridgehead atoms. The Kier molecular flexibility index (Phi) is 11.3. The van der Waals surface area contributed by atoms with Gasteiger partial charge in [-0.05, 0) is 68.7 Å². The van der Waals surface area contributed by atoms with Crippen LogP contribution in [0.25, 0.3) is 0 Å². The zero-order valence-corrected chi connectivity index (χ0v) is 25.4. The second kappa shape index (κ2) is 14.7. The van der Waals surface area contributed by atoms with Crippen LogP contribution in [0.15, 0.2) is 77.7 Å². The normalized spacial score (nSPS) is 12.6. The Labute approximate surface area is 247 Å². The number of hydrogen-bond donors (Lipinski definition) is 1. The van der Waals surface area contributed by atoms with Gasteiger partial charge in [0.15, 0.2) is 11.5 Å². The van der Waals surface area contributed by atoms with Gasteiger partial charge in [-0.25, -0.2) is 12.8 Å². The number of carbonyl (C=O) groups excluding carboxylic acids is 2. The highest BCUT2D eigenvalue weighted by molar-refractivity contribution is 7.92. The van der Waals surface area contributed by atoms with Crippen molar-refractivity contribution in [2.24, 2.45) is 0 Å². The first-order chi connectivity index (χ1) is 20.0. The maximum Gasteiger partial charge on any atom is 0.264 e. The number of methoxy groups -OCH3 is 2. The van der Waals surface area contributed by atoms with Gasteiger partial charge in [-0.1, -0.05) is 37.3 Å². The zero-order chi connectivity index (χ0) is 30.9. The number of halogens is 1. The first-order valence-electron chi connectivity index (χ1n) is 13.7. The van der Waals surface area contributed by atoms with E-state index in [4.69, 9.17) is 9.47 Å². The summed E-state index contributed by atoms with van der Waals surface area (Å²) < 4.78 is 53.2. The third-order valence-corrected chi connectivity index (χ3v) is 8.76. The van der Waals surface area contributed by atoms with Crippen LogP contribution in [0.4, 0.5) is 10.1 Å². The quantitative estimate of drug-likeness (QED) is 0.294. The molecule has 0 spiro atoms. The summed E-state index contributed by atoms with van der Waals surface area (Å²) in [4.78, 5) is 28.3. The van der Waals surface area contributed by atoms with E-state index in [1.54, 1.807) is 6.92 Å². The Bertz CT molecular complexity index is 1450. The van der Waals surface area contributed by atoms with Crippen molar-refractivity contribution in [1.29, 1.82) is 0 Å². The fourth-order valence-corrected chi connectivity index (χ4v) is 5.71. The minimum Gasteiger partial charge on any atom is -0.493 e.